The Labute approximate surface area is 93.9 Å². The molecule has 1 unspecified atom stereocenters. The molecule has 3 heteroatoms. The van der Waals surface area contributed by atoms with Crippen LogP contribution < -0.4 is 5.32 Å². The van der Waals surface area contributed by atoms with Crippen molar-refractivity contribution < 1.29 is 5.11 Å². The fraction of sp³-hybridized carbons (Fsp3) is 1.00. The zero-order valence-electron chi connectivity index (χ0n) is 10.2. The first-order chi connectivity index (χ1) is 7.20. The summed E-state index contributed by atoms with van der Waals surface area (Å²) in [4.78, 5) is 2.47. The molecule has 0 heterocycles. The predicted molar refractivity (Wildman–Crippen MR) is 64.1 cm³/mol. The van der Waals surface area contributed by atoms with Crippen LogP contribution in [0.1, 0.15) is 39.0 Å². The molecule has 0 spiro atoms. The maximum atomic E-state index is 9.09. The number of hydrogen-bond acceptors (Lipinski definition) is 3. The molecule has 0 saturated heterocycles. The van der Waals surface area contributed by atoms with Crippen molar-refractivity contribution in [1.29, 1.82) is 0 Å². The Bertz CT molecular complexity index is 156. The minimum atomic E-state index is -0.231. The van der Waals surface area contributed by atoms with E-state index in [-0.39, 0.29) is 6.10 Å². The second kappa shape index (κ2) is 7.20. The molecule has 3 nitrogen and oxygen atoms in total. The van der Waals surface area contributed by atoms with Gasteiger partial charge < -0.3 is 15.3 Å². The van der Waals surface area contributed by atoms with Gasteiger partial charge in [-0.2, -0.15) is 0 Å². The molecule has 2 N–H and O–H groups in total. The minimum absolute atomic E-state index is 0.231. The Kier molecular flexibility index (Phi) is 6.22. The van der Waals surface area contributed by atoms with Crippen LogP contribution in [0.2, 0.25) is 0 Å². The number of nitrogens with one attached hydrogen (secondary N) is 1. The number of hydrogen-bond donors (Lipinski definition) is 2. The highest BCUT2D eigenvalue weighted by Crippen LogP contribution is 2.20. The van der Waals surface area contributed by atoms with Gasteiger partial charge in [-0.3, -0.25) is 0 Å². The van der Waals surface area contributed by atoms with Gasteiger partial charge in [-0.05, 0) is 26.8 Å². The molecule has 1 fully saturated rings. The first-order valence-electron chi connectivity index (χ1n) is 6.29. The second-order valence-electron chi connectivity index (χ2n) is 4.83. The Hall–Kier alpha value is -0.120. The summed E-state index contributed by atoms with van der Waals surface area (Å²) < 4.78 is 0. The standard InChI is InChI=1S/C12H26N2O/c1-11(15)10-13-8-9-14(2)12-6-4-3-5-7-12/h11-13,15H,3-10H2,1-2H3. The van der Waals surface area contributed by atoms with Crippen LogP contribution in [0.15, 0.2) is 0 Å². The first-order valence-corrected chi connectivity index (χ1v) is 6.29. The summed E-state index contributed by atoms with van der Waals surface area (Å²) in [5.41, 5.74) is 0. The van der Waals surface area contributed by atoms with E-state index in [0.717, 1.165) is 19.1 Å². The lowest BCUT2D eigenvalue weighted by Gasteiger charge is -2.31. The van der Waals surface area contributed by atoms with Gasteiger partial charge in [-0.25, -0.2) is 0 Å². The van der Waals surface area contributed by atoms with Gasteiger partial charge >= 0.3 is 0 Å². The van der Waals surface area contributed by atoms with Crippen molar-refractivity contribution in [3.63, 3.8) is 0 Å². The second-order valence-corrected chi connectivity index (χ2v) is 4.83. The smallest absolute Gasteiger partial charge is 0.0636 e. The van der Waals surface area contributed by atoms with Crippen LogP contribution in [0.25, 0.3) is 0 Å². The molecule has 0 aromatic heterocycles. The van der Waals surface area contributed by atoms with Gasteiger partial charge in [-0.15, -0.1) is 0 Å². The van der Waals surface area contributed by atoms with Crippen molar-refractivity contribution in [2.75, 3.05) is 26.7 Å². The molecule has 0 aliphatic heterocycles. The zero-order valence-corrected chi connectivity index (χ0v) is 10.2. The van der Waals surface area contributed by atoms with Crippen LogP contribution in [0, 0.1) is 0 Å². The van der Waals surface area contributed by atoms with Crippen molar-refractivity contribution in [2.45, 2.75) is 51.2 Å². The average molecular weight is 214 g/mol. The van der Waals surface area contributed by atoms with Crippen LogP contribution >= 0.6 is 0 Å². The van der Waals surface area contributed by atoms with Gasteiger partial charge in [0.05, 0.1) is 6.10 Å². The Morgan fingerprint density at radius 1 is 1.33 bits per heavy atom. The third kappa shape index (κ3) is 5.50. The van der Waals surface area contributed by atoms with Crippen LogP contribution in [-0.2, 0) is 0 Å². The third-order valence-corrected chi connectivity index (χ3v) is 3.28. The summed E-state index contributed by atoms with van der Waals surface area (Å²) in [6.07, 6.45) is 6.72. The average Bonchev–Trinajstić information content (AvgIpc) is 2.25. The Balaban J connectivity index is 2.04. The van der Waals surface area contributed by atoms with Crippen LogP contribution in [-0.4, -0.2) is 48.8 Å². The van der Waals surface area contributed by atoms with Crippen molar-refractivity contribution >= 4 is 0 Å². The highest BCUT2D eigenvalue weighted by molar-refractivity contribution is 4.73. The SMILES string of the molecule is CC(O)CNCCN(C)C1CCCCC1. The van der Waals surface area contributed by atoms with E-state index in [2.05, 4.69) is 17.3 Å². The minimum Gasteiger partial charge on any atom is -0.392 e. The van der Waals surface area contributed by atoms with Crippen molar-refractivity contribution in [3.8, 4) is 0 Å². The number of aliphatic hydroxyl groups is 1. The van der Waals surface area contributed by atoms with E-state index in [0.29, 0.717) is 6.54 Å². The Morgan fingerprint density at radius 2 is 2.00 bits per heavy atom. The fourth-order valence-corrected chi connectivity index (χ4v) is 2.27. The number of aliphatic hydroxyl groups excluding tert-OH is 1. The summed E-state index contributed by atoms with van der Waals surface area (Å²) in [6, 6.07) is 0.798. The molecule has 90 valence electrons. The van der Waals surface area contributed by atoms with E-state index in [1.54, 1.807) is 0 Å². The molecule has 1 aliphatic carbocycles. The van der Waals surface area contributed by atoms with Gasteiger partial charge in [0, 0.05) is 25.7 Å². The van der Waals surface area contributed by atoms with E-state index < -0.39 is 0 Å². The van der Waals surface area contributed by atoms with Crippen LogP contribution in [0.5, 0.6) is 0 Å². The predicted octanol–water partition coefficient (Wildman–Crippen LogP) is 1.22. The summed E-state index contributed by atoms with van der Waals surface area (Å²) >= 11 is 0. The molecule has 0 amide bonds. The fourth-order valence-electron chi connectivity index (χ4n) is 2.27. The highest BCUT2D eigenvalue weighted by Gasteiger charge is 2.16. The van der Waals surface area contributed by atoms with Crippen molar-refractivity contribution in [2.24, 2.45) is 0 Å². The summed E-state index contributed by atoms with van der Waals surface area (Å²) in [5.74, 6) is 0. The molecule has 1 saturated carbocycles. The quantitative estimate of drug-likeness (QED) is 0.653. The molecule has 1 rings (SSSR count). The Morgan fingerprint density at radius 3 is 2.60 bits per heavy atom. The normalized spacial score (nSPS) is 20.8. The molecular weight excluding hydrogens is 188 g/mol. The van der Waals surface area contributed by atoms with Gasteiger partial charge in [0.1, 0.15) is 0 Å². The lowest BCUT2D eigenvalue weighted by molar-refractivity contribution is 0.175. The summed E-state index contributed by atoms with van der Waals surface area (Å²) in [5, 5.41) is 12.4. The van der Waals surface area contributed by atoms with E-state index in [9.17, 15) is 0 Å². The lowest BCUT2D eigenvalue weighted by atomic mass is 9.94. The molecule has 1 aliphatic rings. The van der Waals surface area contributed by atoms with E-state index in [4.69, 9.17) is 5.11 Å². The zero-order chi connectivity index (χ0) is 11.1. The molecule has 15 heavy (non-hydrogen) atoms. The third-order valence-electron chi connectivity index (χ3n) is 3.28. The van der Waals surface area contributed by atoms with Crippen LogP contribution in [0.3, 0.4) is 0 Å². The highest BCUT2D eigenvalue weighted by atomic mass is 16.3. The van der Waals surface area contributed by atoms with E-state index >= 15 is 0 Å². The number of rotatable bonds is 6. The molecule has 1 atom stereocenters. The molecular formula is C12H26N2O. The van der Waals surface area contributed by atoms with E-state index in [1.807, 2.05) is 6.92 Å². The van der Waals surface area contributed by atoms with Gasteiger partial charge in [-0.1, -0.05) is 19.3 Å². The van der Waals surface area contributed by atoms with Gasteiger partial charge in [0.2, 0.25) is 0 Å². The maximum absolute atomic E-state index is 9.09. The van der Waals surface area contributed by atoms with E-state index in [1.165, 1.54) is 32.1 Å². The largest absolute Gasteiger partial charge is 0.392 e. The lowest BCUT2D eigenvalue weighted by Crippen LogP contribution is -2.39. The van der Waals surface area contributed by atoms with Gasteiger partial charge in [0.25, 0.3) is 0 Å². The molecule has 0 aromatic rings. The molecule has 0 bridgehead atoms. The number of nitrogens with zero attached hydrogens (tertiary/aromatic N) is 1. The first kappa shape index (κ1) is 12.9. The maximum Gasteiger partial charge on any atom is 0.0636 e. The number of likely N-dealkylation sites (N-methyl/N-ethyl adjacent to an activating group) is 1. The molecule has 0 aromatic carbocycles. The summed E-state index contributed by atoms with van der Waals surface area (Å²) in [6.45, 7) is 4.60. The monoisotopic (exact) mass is 214 g/mol. The van der Waals surface area contributed by atoms with Crippen LogP contribution in [0.4, 0.5) is 0 Å². The van der Waals surface area contributed by atoms with Crippen molar-refractivity contribution in [1.82, 2.24) is 10.2 Å². The van der Waals surface area contributed by atoms with Crippen molar-refractivity contribution in [3.05, 3.63) is 0 Å². The molecule has 0 radical (unpaired) electrons. The topological polar surface area (TPSA) is 35.5 Å². The summed E-state index contributed by atoms with van der Waals surface area (Å²) in [7, 11) is 2.22. The van der Waals surface area contributed by atoms with Gasteiger partial charge in [0.15, 0.2) is 0 Å².